The second kappa shape index (κ2) is 4.94. The number of carbonyl (C=O) groups is 1. The summed E-state index contributed by atoms with van der Waals surface area (Å²) in [6.45, 7) is 7.26. The Morgan fingerprint density at radius 1 is 1.50 bits per heavy atom. The van der Waals surface area contributed by atoms with Crippen LogP contribution in [0.25, 0.3) is 0 Å². The highest BCUT2D eigenvalue weighted by molar-refractivity contribution is 5.84. The highest BCUT2D eigenvalue weighted by Gasteiger charge is 2.17. The third-order valence-corrected chi connectivity index (χ3v) is 2.56. The molecule has 0 fully saturated rings. The van der Waals surface area contributed by atoms with Crippen molar-refractivity contribution in [3.63, 3.8) is 0 Å². The summed E-state index contributed by atoms with van der Waals surface area (Å²) in [4.78, 5) is 16.0. The average molecular weight is 249 g/mol. The Bertz CT molecular complexity index is 452. The van der Waals surface area contributed by atoms with Crippen molar-refractivity contribution in [3.05, 3.63) is 23.5 Å². The number of hydrogen-bond donors (Lipinski definition) is 2. The van der Waals surface area contributed by atoms with Crippen LogP contribution in [0.3, 0.4) is 0 Å². The molecule has 98 valence electrons. The fourth-order valence-electron chi connectivity index (χ4n) is 1.84. The molecule has 0 spiro atoms. The van der Waals surface area contributed by atoms with E-state index in [0.717, 1.165) is 30.8 Å². The minimum atomic E-state index is -0.493. The van der Waals surface area contributed by atoms with Crippen LogP contribution in [-0.4, -0.2) is 23.2 Å². The second-order valence-electron chi connectivity index (χ2n) is 5.38. The molecule has 2 rings (SSSR count). The maximum absolute atomic E-state index is 11.6. The molecule has 0 unspecified atom stereocenters. The summed E-state index contributed by atoms with van der Waals surface area (Å²) in [5, 5.41) is 5.97. The van der Waals surface area contributed by atoms with Gasteiger partial charge in [0, 0.05) is 25.2 Å². The summed E-state index contributed by atoms with van der Waals surface area (Å²) in [7, 11) is 0. The molecule has 0 aromatic carbocycles. The van der Waals surface area contributed by atoms with E-state index in [2.05, 4.69) is 15.6 Å². The summed E-state index contributed by atoms with van der Waals surface area (Å²) in [6, 6.07) is 1.94. The van der Waals surface area contributed by atoms with Crippen molar-refractivity contribution in [2.75, 3.05) is 11.9 Å². The van der Waals surface area contributed by atoms with Gasteiger partial charge in [0.25, 0.3) is 0 Å². The lowest BCUT2D eigenvalue weighted by molar-refractivity contribution is 0.0636. The number of aromatic nitrogens is 1. The van der Waals surface area contributed by atoms with Gasteiger partial charge >= 0.3 is 6.09 Å². The van der Waals surface area contributed by atoms with Crippen molar-refractivity contribution in [3.8, 4) is 0 Å². The molecule has 1 aromatic heterocycles. The number of amides is 1. The lowest BCUT2D eigenvalue weighted by Crippen LogP contribution is -2.28. The van der Waals surface area contributed by atoms with Crippen LogP contribution >= 0.6 is 0 Å². The number of nitrogens with zero attached hydrogens (tertiary/aromatic N) is 1. The van der Waals surface area contributed by atoms with E-state index in [1.807, 2.05) is 26.8 Å². The monoisotopic (exact) mass is 249 g/mol. The molecule has 0 saturated heterocycles. The molecule has 5 heteroatoms. The quantitative estimate of drug-likeness (QED) is 0.799. The van der Waals surface area contributed by atoms with Gasteiger partial charge in [0.2, 0.25) is 0 Å². The maximum Gasteiger partial charge on any atom is 0.412 e. The van der Waals surface area contributed by atoms with Crippen LogP contribution in [0, 0.1) is 0 Å². The molecule has 1 aliphatic heterocycles. The lowest BCUT2D eigenvalue weighted by Gasteiger charge is -2.20. The Labute approximate surface area is 107 Å². The predicted octanol–water partition coefficient (Wildman–Crippen LogP) is 2.07. The van der Waals surface area contributed by atoms with Crippen molar-refractivity contribution in [1.82, 2.24) is 10.3 Å². The van der Waals surface area contributed by atoms with Gasteiger partial charge in [-0.25, -0.2) is 4.79 Å². The Kier molecular flexibility index (Phi) is 3.52. The number of pyridine rings is 1. The van der Waals surface area contributed by atoms with Crippen LogP contribution in [0.5, 0.6) is 0 Å². The summed E-state index contributed by atoms with van der Waals surface area (Å²) in [5.74, 6) is 0. The van der Waals surface area contributed by atoms with Gasteiger partial charge in [0.15, 0.2) is 0 Å². The van der Waals surface area contributed by atoms with Gasteiger partial charge in [-0.3, -0.25) is 10.3 Å². The van der Waals surface area contributed by atoms with Gasteiger partial charge in [-0.1, -0.05) is 0 Å². The van der Waals surface area contributed by atoms with E-state index in [1.165, 1.54) is 0 Å². The van der Waals surface area contributed by atoms with Crippen LogP contribution in [0.2, 0.25) is 0 Å². The zero-order valence-corrected chi connectivity index (χ0v) is 11.0. The van der Waals surface area contributed by atoms with E-state index in [-0.39, 0.29) is 0 Å². The average Bonchev–Trinajstić information content (AvgIpc) is 2.26. The summed E-state index contributed by atoms with van der Waals surface area (Å²) < 4.78 is 5.19. The SMILES string of the molecule is CC(C)(C)OC(=O)Nc1cnc2c(c1)CNCC2. The van der Waals surface area contributed by atoms with Crippen LogP contribution in [-0.2, 0) is 17.7 Å². The number of fused-ring (bicyclic) bond motifs is 1. The zero-order chi connectivity index (χ0) is 13.2. The molecule has 18 heavy (non-hydrogen) atoms. The molecule has 2 heterocycles. The summed E-state index contributed by atoms with van der Waals surface area (Å²) in [6.07, 6.45) is 2.16. The Morgan fingerprint density at radius 3 is 3.00 bits per heavy atom. The number of anilines is 1. The fourth-order valence-corrected chi connectivity index (χ4v) is 1.84. The Hall–Kier alpha value is -1.62. The van der Waals surface area contributed by atoms with Gasteiger partial charge in [-0.05, 0) is 32.4 Å². The van der Waals surface area contributed by atoms with Gasteiger partial charge in [0.1, 0.15) is 5.60 Å². The van der Waals surface area contributed by atoms with Gasteiger partial charge in [0.05, 0.1) is 11.9 Å². The van der Waals surface area contributed by atoms with Crippen molar-refractivity contribution in [2.24, 2.45) is 0 Å². The highest BCUT2D eigenvalue weighted by Crippen LogP contribution is 2.17. The number of nitrogens with one attached hydrogen (secondary N) is 2. The molecule has 0 bridgehead atoms. The highest BCUT2D eigenvalue weighted by atomic mass is 16.6. The third kappa shape index (κ3) is 3.43. The van der Waals surface area contributed by atoms with Crippen molar-refractivity contribution in [2.45, 2.75) is 39.3 Å². The first kappa shape index (κ1) is 12.8. The topological polar surface area (TPSA) is 63.2 Å². The van der Waals surface area contributed by atoms with E-state index < -0.39 is 11.7 Å². The minimum absolute atomic E-state index is 0.451. The zero-order valence-electron chi connectivity index (χ0n) is 11.0. The predicted molar refractivity (Wildman–Crippen MR) is 69.5 cm³/mol. The van der Waals surface area contributed by atoms with E-state index in [1.54, 1.807) is 6.20 Å². The second-order valence-corrected chi connectivity index (χ2v) is 5.38. The first-order valence-electron chi connectivity index (χ1n) is 6.12. The van der Waals surface area contributed by atoms with Gasteiger partial charge in [-0.15, -0.1) is 0 Å². The third-order valence-electron chi connectivity index (χ3n) is 2.56. The lowest BCUT2D eigenvalue weighted by atomic mass is 10.1. The maximum atomic E-state index is 11.6. The molecule has 2 N–H and O–H groups in total. The first-order valence-corrected chi connectivity index (χ1v) is 6.12. The normalized spacial score (nSPS) is 14.8. The van der Waals surface area contributed by atoms with Crippen LogP contribution in [0.1, 0.15) is 32.0 Å². The minimum Gasteiger partial charge on any atom is -0.444 e. The number of ether oxygens (including phenoxy) is 1. The first-order chi connectivity index (χ1) is 8.44. The molecule has 1 aliphatic rings. The van der Waals surface area contributed by atoms with Crippen LogP contribution < -0.4 is 10.6 Å². The largest absolute Gasteiger partial charge is 0.444 e. The molecular formula is C13H19N3O2. The van der Waals surface area contributed by atoms with Crippen LogP contribution in [0.4, 0.5) is 10.5 Å². The van der Waals surface area contributed by atoms with E-state index in [4.69, 9.17) is 4.74 Å². The Morgan fingerprint density at radius 2 is 2.28 bits per heavy atom. The summed E-state index contributed by atoms with van der Waals surface area (Å²) >= 11 is 0. The molecule has 1 amide bonds. The molecular weight excluding hydrogens is 230 g/mol. The van der Waals surface area contributed by atoms with Gasteiger partial charge < -0.3 is 10.1 Å². The molecule has 0 aliphatic carbocycles. The number of rotatable bonds is 1. The fraction of sp³-hybridized carbons (Fsp3) is 0.538. The van der Waals surface area contributed by atoms with Crippen molar-refractivity contribution in [1.29, 1.82) is 0 Å². The van der Waals surface area contributed by atoms with Gasteiger partial charge in [-0.2, -0.15) is 0 Å². The number of hydrogen-bond acceptors (Lipinski definition) is 4. The number of carbonyl (C=O) groups excluding carboxylic acids is 1. The standard InChI is InChI=1S/C13H19N3O2/c1-13(2,3)18-12(17)16-10-6-9-7-14-5-4-11(9)15-8-10/h6,8,14H,4-5,7H2,1-3H3,(H,16,17). The molecule has 5 nitrogen and oxygen atoms in total. The van der Waals surface area contributed by atoms with Crippen molar-refractivity contribution >= 4 is 11.8 Å². The van der Waals surface area contributed by atoms with Crippen LogP contribution in [0.15, 0.2) is 12.3 Å². The van der Waals surface area contributed by atoms with E-state index in [9.17, 15) is 4.79 Å². The molecule has 0 atom stereocenters. The summed E-state index contributed by atoms with van der Waals surface area (Å²) in [5.41, 5.74) is 2.41. The van der Waals surface area contributed by atoms with E-state index >= 15 is 0 Å². The molecule has 0 radical (unpaired) electrons. The Balaban J connectivity index is 2.04. The smallest absolute Gasteiger partial charge is 0.412 e. The molecule has 1 aromatic rings. The van der Waals surface area contributed by atoms with Crippen molar-refractivity contribution < 1.29 is 9.53 Å². The van der Waals surface area contributed by atoms with E-state index in [0.29, 0.717) is 5.69 Å². The molecule has 0 saturated carbocycles.